The zero-order valence-corrected chi connectivity index (χ0v) is 13.0. The van der Waals surface area contributed by atoms with Crippen molar-refractivity contribution in [2.75, 3.05) is 13.2 Å². The predicted molar refractivity (Wildman–Crippen MR) is 83.9 cm³/mol. The number of aromatic nitrogens is 2. The minimum absolute atomic E-state index is 0.139. The molecule has 120 valence electrons. The van der Waals surface area contributed by atoms with Gasteiger partial charge in [-0.1, -0.05) is 6.07 Å². The van der Waals surface area contributed by atoms with Crippen molar-refractivity contribution in [3.8, 4) is 11.5 Å². The molecule has 1 atom stereocenters. The third kappa shape index (κ3) is 2.88. The van der Waals surface area contributed by atoms with E-state index < -0.39 is 0 Å². The Kier molecular flexibility index (Phi) is 3.44. The van der Waals surface area contributed by atoms with E-state index in [1.165, 1.54) is 12.8 Å². The van der Waals surface area contributed by atoms with Gasteiger partial charge in [0, 0.05) is 11.6 Å². The van der Waals surface area contributed by atoms with Gasteiger partial charge in [0.2, 0.25) is 0 Å². The molecule has 0 unspecified atom stereocenters. The van der Waals surface area contributed by atoms with Crippen molar-refractivity contribution in [2.24, 2.45) is 0 Å². The molecule has 1 aromatic carbocycles. The van der Waals surface area contributed by atoms with E-state index in [2.05, 4.69) is 15.5 Å². The van der Waals surface area contributed by atoms with Crippen molar-refractivity contribution in [2.45, 2.75) is 31.7 Å². The fraction of sp³-hybridized carbons (Fsp3) is 0.412. The van der Waals surface area contributed by atoms with E-state index in [0.29, 0.717) is 24.8 Å². The number of benzene rings is 1. The van der Waals surface area contributed by atoms with E-state index in [0.717, 1.165) is 22.8 Å². The zero-order valence-electron chi connectivity index (χ0n) is 13.0. The molecule has 0 bridgehead atoms. The maximum Gasteiger partial charge on any atom is 0.272 e. The lowest BCUT2D eigenvalue weighted by atomic mass is 10.1. The number of hydrogen-bond donors (Lipinski definition) is 2. The molecule has 0 spiro atoms. The highest BCUT2D eigenvalue weighted by Gasteiger charge is 2.26. The molecule has 1 aromatic heterocycles. The summed E-state index contributed by atoms with van der Waals surface area (Å²) in [6, 6.07) is 7.45. The van der Waals surface area contributed by atoms with Crippen LogP contribution in [0.3, 0.4) is 0 Å². The largest absolute Gasteiger partial charge is 0.486 e. The molecule has 6 heteroatoms. The quantitative estimate of drug-likeness (QED) is 0.909. The Morgan fingerprint density at radius 2 is 2.04 bits per heavy atom. The number of carbonyl (C=O) groups excluding carboxylic acids is 1. The molecule has 2 aromatic rings. The van der Waals surface area contributed by atoms with Crippen LogP contribution in [0.15, 0.2) is 24.3 Å². The second-order valence-corrected chi connectivity index (χ2v) is 6.08. The highest BCUT2D eigenvalue weighted by atomic mass is 16.6. The summed E-state index contributed by atoms with van der Waals surface area (Å²) in [7, 11) is 0. The molecule has 2 aliphatic rings. The number of nitrogens with one attached hydrogen (secondary N) is 2. The standard InChI is InChI=1S/C17H19N3O3/c1-10(12-4-5-15-16(8-12)23-7-6-22-15)18-17(21)14-9-13(19-20-14)11-2-3-11/h4-5,8-11H,2-3,6-7H2,1H3,(H,18,21)(H,19,20)/t10-/m0/s1. The number of aromatic amines is 1. The lowest BCUT2D eigenvalue weighted by Crippen LogP contribution is -2.27. The van der Waals surface area contributed by atoms with Gasteiger partial charge >= 0.3 is 0 Å². The molecule has 1 fully saturated rings. The number of ether oxygens (including phenoxy) is 2. The SMILES string of the molecule is C[C@H](NC(=O)c1cc(C2CC2)[nH]n1)c1ccc2c(c1)OCCO2. The molecule has 1 saturated carbocycles. The molecule has 1 amide bonds. The van der Waals surface area contributed by atoms with Crippen LogP contribution in [0.1, 0.15) is 53.5 Å². The Morgan fingerprint density at radius 3 is 2.83 bits per heavy atom. The Hall–Kier alpha value is -2.50. The number of amides is 1. The van der Waals surface area contributed by atoms with Gasteiger partial charge in [0.05, 0.1) is 6.04 Å². The summed E-state index contributed by atoms with van der Waals surface area (Å²) < 4.78 is 11.1. The molecular weight excluding hydrogens is 294 g/mol. The topological polar surface area (TPSA) is 76.2 Å². The van der Waals surface area contributed by atoms with Crippen LogP contribution in [-0.2, 0) is 0 Å². The third-order valence-electron chi connectivity index (χ3n) is 4.26. The van der Waals surface area contributed by atoms with E-state index >= 15 is 0 Å². The van der Waals surface area contributed by atoms with Crippen LogP contribution >= 0.6 is 0 Å². The summed E-state index contributed by atoms with van der Waals surface area (Å²) in [5, 5.41) is 10.0. The first-order valence-electron chi connectivity index (χ1n) is 7.96. The van der Waals surface area contributed by atoms with Crippen LogP contribution in [0.4, 0.5) is 0 Å². The average Bonchev–Trinajstić information content (AvgIpc) is 3.31. The Bertz CT molecular complexity index is 736. The second-order valence-electron chi connectivity index (χ2n) is 6.08. The normalized spacial score (nSPS) is 17.6. The minimum Gasteiger partial charge on any atom is -0.486 e. The zero-order chi connectivity index (χ0) is 15.8. The Morgan fingerprint density at radius 1 is 1.26 bits per heavy atom. The molecule has 4 rings (SSSR count). The highest BCUT2D eigenvalue weighted by molar-refractivity contribution is 5.92. The molecule has 1 aliphatic carbocycles. The summed E-state index contributed by atoms with van der Waals surface area (Å²) in [4.78, 5) is 12.3. The minimum atomic E-state index is -0.171. The highest BCUT2D eigenvalue weighted by Crippen LogP contribution is 2.39. The first-order valence-corrected chi connectivity index (χ1v) is 7.96. The van der Waals surface area contributed by atoms with Crippen molar-refractivity contribution < 1.29 is 14.3 Å². The van der Waals surface area contributed by atoms with Gasteiger partial charge in [-0.05, 0) is 43.5 Å². The summed E-state index contributed by atoms with van der Waals surface area (Å²) in [5.74, 6) is 1.86. The fourth-order valence-corrected chi connectivity index (χ4v) is 2.74. The van der Waals surface area contributed by atoms with Gasteiger partial charge in [-0.2, -0.15) is 5.10 Å². The molecular formula is C17H19N3O3. The molecule has 0 saturated heterocycles. The van der Waals surface area contributed by atoms with Crippen molar-refractivity contribution in [1.29, 1.82) is 0 Å². The lowest BCUT2D eigenvalue weighted by Gasteiger charge is -2.21. The molecule has 2 heterocycles. The van der Waals surface area contributed by atoms with Gasteiger partial charge in [0.1, 0.15) is 18.9 Å². The summed E-state index contributed by atoms with van der Waals surface area (Å²) >= 11 is 0. The second kappa shape index (κ2) is 5.61. The number of fused-ring (bicyclic) bond motifs is 1. The van der Waals surface area contributed by atoms with Gasteiger partial charge in [0.25, 0.3) is 5.91 Å². The lowest BCUT2D eigenvalue weighted by molar-refractivity contribution is 0.0934. The van der Waals surface area contributed by atoms with Crippen molar-refractivity contribution in [3.05, 3.63) is 41.2 Å². The molecule has 1 aliphatic heterocycles. The van der Waals surface area contributed by atoms with E-state index in [1.807, 2.05) is 31.2 Å². The monoisotopic (exact) mass is 313 g/mol. The van der Waals surface area contributed by atoms with Crippen LogP contribution in [0.25, 0.3) is 0 Å². The van der Waals surface area contributed by atoms with Gasteiger partial charge in [0.15, 0.2) is 11.5 Å². The van der Waals surface area contributed by atoms with E-state index in [9.17, 15) is 4.79 Å². The third-order valence-corrected chi connectivity index (χ3v) is 4.26. The van der Waals surface area contributed by atoms with Crippen LogP contribution in [0, 0.1) is 0 Å². The summed E-state index contributed by atoms with van der Waals surface area (Å²) in [6.45, 7) is 3.06. The number of nitrogens with zero attached hydrogens (tertiary/aromatic N) is 1. The Balaban J connectivity index is 1.45. The predicted octanol–water partition coefficient (Wildman–Crippen LogP) is 2.55. The number of H-pyrrole nitrogens is 1. The van der Waals surface area contributed by atoms with Crippen LogP contribution in [0.2, 0.25) is 0 Å². The first-order chi connectivity index (χ1) is 11.2. The molecule has 23 heavy (non-hydrogen) atoms. The average molecular weight is 313 g/mol. The van der Waals surface area contributed by atoms with Crippen molar-refractivity contribution in [1.82, 2.24) is 15.5 Å². The maximum atomic E-state index is 12.3. The van der Waals surface area contributed by atoms with Gasteiger partial charge in [-0.3, -0.25) is 9.89 Å². The molecule has 6 nitrogen and oxygen atoms in total. The van der Waals surface area contributed by atoms with Crippen LogP contribution < -0.4 is 14.8 Å². The number of rotatable bonds is 4. The molecule has 0 radical (unpaired) electrons. The number of hydrogen-bond acceptors (Lipinski definition) is 4. The summed E-state index contributed by atoms with van der Waals surface area (Å²) in [5.41, 5.74) is 2.47. The van der Waals surface area contributed by atoms with Crippen LogP contribution in [0.5, 0.6) is 11.5 Å². The smallest absolute Gasteiger partial charge is 0.272 e. The summed E-state index contributed by atoms with van der Waals surface area (Å²) in [6.07, 6.45) is 2.35. The Labute approximate surface area is 134 Å². The van der Waals surface area contributed by atoms with Gasteiger partial charge in [-0.25, -0.2) is 0 Å². The van der Waals surface area contributed by atoms with E-state index in [4.69, 9.17) is 9.47 Å². The first kappa shape index (κ1) is 14.1. The maximum absolute atomic E-state index is 12.3. The van der Waals surface area contributed by atoms with Gasteiger partial charge in [-0.15, -0.1) is 0 Å². The van der Waals surface area contributed by atoms with E-state index in [-0.39, 0.29) is 11.9 Å². The van der Waals surface area contributed by atoms with Gasteiger partial charge < -0.3 is 14.8 Å². The van der Waals surface area contributed by atoms with Crippen molar-refractivity contribution in [3.63, 3.8) is 0 Å². The van der Waals surface area contributed by atoms with E-state index in [1.54, 1.807) is 0 Å². The van der Waals surface area contributed by atoms with Crippen molar-refractivity contribution >= 4 is 5.91 Å². The fourth-order valence-electron chi connectivity index (χ4n) is 2.74. The van der Waals surface area contributed by atoms with Crippen LogP contribution in [-0.4, -0.2) is 29.3 Å². The number of carbonyl (C=O) groups is 1. The molecule has 2 N–H and O–H groups in total.